The zero-order valence-electron chi connectivity index (χ0n) is 11.8. The molecule has 0 aromatic carbocycles. The summed E-state index contributed by atoms with van der Waals surface area (Å²) in [6, 6.07) is 0.289. The van der Waals surface area contributed by atoms with Crippen molar-refractivity contribution in [3.63, 3.8) is 0 Å². The van der Waals surface area contributed by atoms with Crippen molar-refractivity contribution in [2.24, 2.45) is 5.92 Å². The fourth-order valence-corrected chi connectivity index (χ4v) is 2.48. The number of carbonyl (C=O) groups excluding carboxylic acids is 1. The lowest BCUT2D eigenvalue weighted by atomic mass is 10.1. The fraction of sp³-hybridized carbons (Fsp3) is 0.846. The molecule has 6 heteroatoms. The molecule has 0 radical (unpaired) electrons. The lowest BCUT2D eigenvalue weighted by molar-refractivity contribution is -0.141. The molecule has 2 heterocycles. The number of carboxylic acids is 1. The van der Waals surface area contributed by atoms with E-state index in [1.54, 1.807) is 4.90 Å². The highest BCUT2D eigenvalue weighted by Gasteiger charge is 2.40. The summed E-state index contributed by atoms with van der Waals surface area (Å²) in [4.78, 5) is 26.5. The minimum absolute atomic E-state index is 0.254. The Kier molecular flexibility index (Phi) is 3.71. The first-order valence-corrected chi connectivity index (χ1v) is 6.71. The van der Waals surface area contributed by atoms with Gasteiger partial charge in [0.1, 0.15) is 5.60 Å². The third kappa shape index (κ3) is 3.37. The number of nitrogens with zero attached hydrogens (tertiary/aromatic N) is 2. The fourth-order valence-electron chi connectivity index (χ4n) is 2.48. The average Bonchev–Trinajstić information content (AvgIpc) is 2.61. The first-order valence-electron chi connectivity index (χ1n) is 6.71. The number of hydrogen-bond acceptors (Lipinski definition) is 4. The predicted octanol–water partition coefficient (Wildman–Crippen LogP) is 1.01. The number of rotatable bonds is 2. The van der Waals surface area contributed by atoms with Crippen molar-refractivity contribution in [2.75, 3.05) is 26.2 Å². The summed E-state index contributed by atoms with van der Waals surface area (Å²) < 4.78 is 5.29. The van der Waals surface area contributed by atoms with Crippen molar-refractivity contribution in [3.8, 4) is 0 Å². The summed E-state index contributed by atoms with van der Waals surface area (Å²) in [5.41, 5.74) is -0.468. The summed E-state index contributed by atoms with van der Waals surface area (Å²) in [5, 5.41) is 8.96. The van der Waals surface area contributed by atoms with Crippen molar-refractivity contribution in [2.45, 2.75) is 38.8 Å². The van der Waals surface area contributed by atoms with E-state index in [4.69, 9.17) is 9.84 Å². The van der Waals surface area contributed by atoms with Crippen LogP contribution in [0.25, 0.3) is 0 Å². The van der Waals surface area contributed by atoms with Crippen LogP contribution in [-0.2, 0) is 9.53 Å². The summed E-state index contributed by atoms with van der Waals surface area (Å²) in [6.45, 7) is 8.23. The molecule has 6 nitrogen and oxygen atoms in total. The first-order chi connectivity index (χ1) is 8.76. The zero-order chi connectivity index (χ0) is 14.2. The number of likely N-dealkylation sites (tertiary alicyclic amines) is 2. The number of carbonyl (C=O) groups is 2. The van der Waals surface area contributed by atoms with Crippen LogP contribution in [0.15, 0.2) is 0 Å². The van der Waals surface area contributed by atoms with Gasteiger partial charge in [-0.15, -0.1) is 0 Å². The molecular weight excluding hydrogens is 248 g/mol. The summed E-state index contributed by atoms with van der Waals surface area (Å²) in [5.74, 6) is -0.971. The van der Waals surface area contributed by atoms with Crippen molar-refractivity contribution in [1.82, 2.24) is 9.80 Å². The van der Waals surface area contributed by atoms with Crippen LogP contribution >= 0.6 is 0 Å². The molecule has 2 aliphatic heterocycles. The Morgan fingerprint density at radius 3 is 2.32 bits per heavy atom. The van der Waals surface area contributed by atoms with Crippen molar-refractivity contribution >= 4 is 12.1 Å². The zero-order valence-corrected chi connectivity index (χ0v) is 11.8. The molecule has 1 unspecified atom stereocenters. The van der Waals surface area contributed by atoms with E-state index in [9.17, 15) is 9.59 Å². The van der Waals surface area contributed by atoms with Gasteiger partial charge < -0.3 is 14.7 Å². The van der Waals surface area contributed by atoms with Gasteiger partial charge in [-0.05, 0) is 33.7 Å². The lowest BCUT2D eigenvalue weighted by Gasteiger charge is -2.44. The molecule has 0 aromatic rings. The highest BCUT2D eigenvalue weighted by molar-refractivity contribution is 5.71. The number of ether oxygens (including phenoxy) is 1. The van der Waals surface area contributed by atoms with Crippen molar-refractivity contribution in [1.29, 1.82) is 0 Å². The minimum Gasteiger partial charge on any atom is -0.481 e. The number of carboxylic acid groups (broad SMARTS) is 1. The Bertz CT molecular complexity index is 371. The number of aliphatic carboxylic acids is 1. The second-order valence-electron chi connectivity index (χ2n) is 6.36. The van der Waals surface area contributed by atoms with Crippen LogP contribution in [0.1, 0.15) is 27.2 Å². The van der Waals surface area contributed by atoms with Crippen LogP contribution in [0, 0.1) is 5.92 Å². The van der Waals surface area contributed by atoms with E-state index in [1.165, 1.54) is 0 Å². The van der Waals surface area contributed by atoms with E-state index in [-0.39, 0.29) is 18.1 Å². The molecule has 2 aliphatic rings. The van der Waals surface area contributed by atoms with E-state index >= 15 is 0 Å². The number of amides is 1. The molecule has 2 saturated heterocycles. The Balaban J connectivity index is 1.75. The lowest BCUT2D eigenvalue weighted by Crippen LogP contribution is -2.61. The Morgan fingerprint density at radius 2 is 1.84 bits per heavy atom. The Labute approximate surface area is 113 Å². The van der Waals surface area contributed by atoms with Crippen LogP contribution in [-0.4, -0.2) is 64.8 Å². The van der Waals surface area contributed by atoms with Crippen molar-refractivity contribution in [3.05, 3.63) is 0 Å². The summed E-state index contributed by atoms with van der Waals surface area (Å²) in [6.07, 6.45) is 0.427. The quantitative estimate of drug-likeness (QED) is 0.811. The maximum atomic E-state index is 11.8. The maximum Gasteiger partial charge on any atom is 0.410 e. The largest absolute Gasteiger partial charge is 0.481 e. The molecule has 19 heavy (non-hydrogen) atoms. The van der Waals surface area contributed by atoms with Crippen LogP contribution in [0.2, 0.25) is 0 Å². The molecule has 0 aliphatic carbocycles. The minimum atomic E-state index is -0.717. The summed E-state index contributed by atoms with van der Waals surface area (Å²) in [7, 11) is 0. The Morgan fingerprint density at radius 1 is 1.21 bits per heavy atom. The molecular formula is C13H22N2O4. The molecule has 0 aromatic heterocycles. The van der Waals surface area contributed by atoms with Gasteiger partial charge in [0.2, 0.25) is 0 Å². The first kappa shape index (κ1) is 14.1. The van der Waals surface area contributed by atoms with Crippen LogP contribution in [0.5, 0.6) is 0 Å². The van der Waals surface area contributed by atoms with Gasteiger partial charge in [0.25, 0.3) is 0 Å². The van der Waals surface area contributed by atoms with Gasteiger partial charge in [0.05, 0.1) is 5.92 Å². The van der Waals surface area contributed by atoms with Gasteiger partial charge in [-0.3, -0.25) is 9.69 Å². The number of hydrogen-bond donors (Lipinski definition) is 1. The molecule has 1 amide bonds. The molecule has 1 N–H and O–H groups in total. The second kappa shape index (κ2) is 5.00. The second-order valence-corrected chi connectivity index (χ2v) is 6.36. The predicted molar refractivity (Wildman–Crippen MR) is 68.9 cm³/mol. The van der Waals surface area contributed by atoms with Gasteiger partial charge in [0, 0.05) is 25.7 Å². The van der Waals surface area contributed by atoms with E-state index in [2.05, 4.69) is 4.90 Å². The van der Waals surface area contributed by atoms with Gasteiger partial charge in [0.15, 0.2) is 0 Å². The average molecular weight is 270 g/mol. The van der Waals surface area contributed by atoms with Gasteiger partial charge in [-0.2, -0.15) is 0 Å². The molecule has 1 atom stereocenters. The molecule has 0 spiro atoms. The van der Waals surface area contributed by atoms with Gasteiger partial charge in [-0.1, -0.05) is 0 Å². The normalized spacial score (nSPS) is 25.2. The van der Waals surface area contributed by atoms with E-state index < -0.39 is 11.6 Å². The maximum absolute atomic E-state index is 11.8. The smallest absolute Gasteiger partial charge is 0.410 e. The van der Waals surface area contributed by atoms with Gasteiger partial charge in [-0.25, -0.2) is 4.79 Å². The van der Waals surface area contributed by atoms with E-state index in [0.29, 0.717) is 26.1 Å². The molecule has 0 saturated carbocycles. The van der Waals surface area contributed by atoms with Crippen LogP contribution in [0.3, 0.4) is 0 Å². The third-order valence-electron chi connectivity index (χ3n) is 3.60. The molecule has 0 bridgehead atoms. The van der Waals surface area contributed by atoms with Crippen LogP contribution in [0.4, 0.5) is 4.79 Å². The SMILES string of the molecule is CC(C)(C)OC(=O)N1CC(N2CCC(C(=O)O)C2)C1. The highest BCUT2D eigenvalue weighted by atomic mass is 16.6. The molecule has 2 rings (SSSR count). The topological polar surface area (TPSA) is 70.1 Å². The molecule has 2 fully saturated rings. The highest BCUT2D eigenvalue weighted by Crippen LogP contribution is 2.25. The van der Waals surface area contributed by atoms with Gasteiger partial charge >= 0.3 is 12.1 Å². The van der Waals surface area contributed by atoms with E-state index in [1.807, 2.05) is 20.8 Å². The standard InChI is InChI=1S/C13H22N2O4/c1-13(2,3)19-12(18)15-7-10(8-15)14-5-4-9(6-14)11(16)17/h9-10H,4-8H2,1-3H3,(H,16,17). The monoisotopic (exact) mass is 270 g/mol. The molecule has 108 valence electrons. The van der Waals surface area contributed by atoms with Crippen LogP contribution < -0.4 is 0 Å². The van der Waals surface area contributed by atoms with Crippen molar-refractivity contribution < 1.29 is 19.4 Å². The van der Waals surface area contributed by atoms with E-state index in [0.717, 1.165) is 6.54 Å². The Hall–Kier alpha value is -1.30. The third-order valence-corrected chi connectivity index (χ3v) is 3.60. The summed E-state index contributed by atoms with van der Waals surface area (Å²) >= 11 is 0.